The minimum absolute atomic E-state index is 0.0721. The van der Waals surface area contributed by atoms with Crippen molar-refractivity contribution < 1.29 is 27.9 Å². The number of carboxylic acids is 1. The zero-order chi connectivity index (χ0) is 31.9. The van der Waals surface area contributed by atoms with E-state index >= 15 is 0 Å². The van der Waals surface area contributed by atoms with Crippen LogP contribution in [0.1, 0.15) is 39.2 Å². The van der Waals surface area contributed by atoms with Gasteiger partial charge in [-0.05, 0) is 93.8 Å². The van der Waals surface area contributed by atoms with Crippen LogP contribution >= 0.6 is 11.6 Å². The normalized spacial score (nSPS) is 13.8. The Labute approximate surface area is 264 Å². The third-order valence-electron chi connectivity index (χ3n) is 7.63. The second-order valence-electron chi connectivity index (χ2n) is 10.4. The summed E-state index contributed by atoms with van der Waals surface area (Å²) < 4.78 is 34.2. The van der Waals surface area contributed by atoms with Crippen LogP contribution < -0.4 is 19.3 Å². The fourth-order valence-corrected chi connectivity index (χ4v) is 6.85. The van der Waals surface area contributed by atoms with Crippen molar-refractivity contribution in [3.8, 4) is 5.75 Å². The lowest BCUT2D eigenvalue weighted by Gasteiger charge is -2.29. The molecule has 0 aromatic heterocycles. The van der Waals surface area contributed by atoms with Crippen LogP contribution in [-0.2, 0) is 21.2 Å². The molecule has 1 saturated heterocycles. The maximum atomic E-state index is 13.8. The van der Waals surface area contributed by atoms with Gasteiger partial charge in [0.05, 0.1) is 16.3 Å². The van der Waals surface area contributed by atoms with Gasteiger partial charge < -0.3 is 25.0 Å². The number of carbonyl (C=O) groups excluding carboxylic acids is 1. The number of rotatable bonds is 13. The Bertz CT molecular complexity index is 1540. The van der Waals surface area contributed by atoms with Gasteiger partial charge in [0.25, 0.3) is 10.0 Å². The Kier molecular flexibility index (Phi) is 11.0. The second kappa shape index (κ2) is 14.7. The van der Waals surface area contributed by atoms with Crippen molar-refractivity contribution in [3.05, 3.63) is 77.3 Å². The number of aliphatic carboxylic acids is 1. The smallest absolute Gasteiger partial charge is 0.415 e. The van der Waals surface area contributed by atoms with Gasteiger partial charge in [0.2, 0.25) is 0 Å². The molecule has 0 saturated carbocycles. The van der Waals surface area contributed by atoms with E-state index in [1.165, 1.54) is 28.6 Å². The van der Waals surface area contributed by atoms with E-state index in [4.69, 9.17) is 16.3 Å². The number of amides is 1. The van der Waals surface area contributed by atoms with Gasteiger partial charge in [-0.25, -0.2) is 18.0 Å². The maximum absolute atomic E-state index is 13.8. The molecule has 12 heteroatoms. The number of likely N-dealkylation sites (tertiary alicyclic amines) is 1. The lowest BCUT2D eigenvalue weighted by molar-refractivity contribution is -0.137. The SMILES string of the molecule is CCN(CC)c1ccc(N(CC)S(=O)(=O)c2ccc(Cl)cc2)c(NC(Cc2ccc(OC(=O)N3CCCC3)cc2)C(=O)O)c1. The minimum Gasteiger partial charge on any atom is -0.480 e. The predicted molar refractivity (Wildman–Crippen MR) is 174 cm³/mol. The predicted octanol–water partition coefficient (Wildman–Crippen LogP) is 6.10. The highest BCUT2D eigenvalue weighted by molar-refractivity contribution is 7.92. The Morgan fingerprint density at radius 3 is 2.16 bits per heavy atom. The average molecular weight is 643 g/mol. The summed E-state index contributed by atoms with van der Waals surface area (Å²) in [5.74, 6) is -0.719. The summed E-state index contributed by atoms with van der Waals surface area (Å²) in [5.41, 5.74) is 2.23. The molecule has 0 spiro atoms. The number of hydrogen-bond acceptors (Lipinski definition) is 7. The highest BCUT2D eigenvalue weighted by Gasteiger charge is 2.28. The Balaban J connectivity index is 1.63. The van der Waals surface area contributed by atoms with Gasteiger partial charge in [-0.3, -0.25) is 4.31 Å². The number of benzene rings is 3. The summed E-state index contributed by atoms with van der Waals surface area (Å²) in [6.07, 6.45) is 1.62. The van der Waals surface area contributed by atoms with Gasteiger partial charge in [-0.2, -0.15) is 0 Å². The van der Waals surface area contributed by atoms with Crippen LogP contribution in [0, 0.1) is 0 Å². The van der Waals surface area contributed by atoms with Crippen LogP contribution in [0.15, 0.2) is 71.6 Å². The summed E-state index contributed by atoms with van der Waals surface area (Å²) in [7, 11) is -3.99. The lowest BCUT2D eigenvalue weighted by Crippen LogP contribution is -2.35. The average Bonchev–Trinajstić information content (AvgIpc) is 3.55. The summed E-state index contributed by atoms with van der Waals surface area (Å²) in [6, 6.07) is 16.9. The molecule has 0 radical (unpaired) electrons. The van der Waals surface area contributed by atoms with E-state index in [1.807, 2.05) is 19.9 Å². The van der Waals surface area contributed by atoms with Gasteiger partial charge in [-0.1, -0.05) is 23.7 Å². The van der Waals surface area contributed by atoms with Crippen LogP contribution in [0.25, 0.3) is 0 Å². The lowest BCUT2D eigenvalue weighted by atomic mass is 10.0. The van der Waals surface area contributed by atoms with Gasteiger partial charge in [0, 0.05) is 49.9 Å². The molecule has 1 heterocycles. The number of anilines is 3. The van der Waals surface area contributed by atoms with Gasteiger partial charge in [0.15, 0.2) is 0 Å². The first kappa shape index (κ1) is 32.9. The molecule has 4 rings (SSSR count). The Morgan fingerprint density at radius 1 is 0.955 bits per heavy atom. The van der Waals surface area contributed by atoms with Crippen LogP contribution in [0.5, 0.6) is 5.75 Å². The number of carbonyl (C=O) groups is 2. The first-order chi connectivity index (χ1) is 21.1. The number of sulfonamides is 1. The number of halogens is 1. The number of carboxylic acid groups (broad SMARTS) is 1. The molecular weight excluding hydrogens is 604 g/mol. The van der Waals surface area contributed by atoms with Crippen LogP contribution in [0.4, 0.5) is 21.9 Å². The molecule has 10 nitrogen and oxygen atoms in total. The second-order valence-corrected chi connectivity index (χ2v) is 12.7. The van der Waals surface area contributed by atoms with Crippen LogP contribution in [-0.4, -0.2) is 69.3 Å². The monoisotopic (exact) mass is 642 g/mol. The van der Waals surface area contributed by atoms with Gasteiger partial charge in [-0.15, -0.1) is 0 Å². The van der Waals surface area contributed by atoms with E-state index in [-0.39, 0.29) is 17.9 Å². The van der Waals surface area contributed by atoms with Gasteiger partial charge >= 0.3 is 12.1 Å². The van der Waals surface area contributed by atoms with Crippen LogP contribution in [0.2, 0.25) is 5.02 Å². The zero-order valence-electron chi connectivity index (χ0n) is 25.2. The van der Waals surface area contributed by atoms with Crippen molar-refractivity contribution in [1.29, 1.82) is 0 Å². The van der Waals surface area contributed by atoms with Crippen molar-refractivity contribution in [2.24, 2.45) is 0 Å². The summed E-state index contributed by atoms with van der Waals surface area (Å²) in [4.78, 5) is 28.7. The van der Waals surface area contributed by atoms with Crippen LogP contribution in [0.3, 0.4) is 0 Å². The third-order valence-corrected chi connectivity index (χ3v) is 9.78. The molecule has 1 fully saturated rings. The molecule has 0 aliphatic carbocycles. The first-order valence-electron chi connectivity index (χ1n) is 14.8. The molecule has 1 aliphatic rings. The molecule has 3 aromatic rings. The molecular formula is C32H39ClN4O6S. The van der Waals surface area contributed by atoms with E-state index in [0.29, 0.717) is 53.9 Å². The molecule has 1 aliphatic heterocycles. The molecule has 3 aromatic carbocycles. The number of nitrogens with one attached hydrogen (secondary N) is 1. The molecule has 2 N–H and O–H groups in total. The van der Waals surface area contributed by atoms with E-state index in [2.05, 4.69) is 10.2 Å². The molecule has 1 amide bonds. The molecule has 1 unspecified atom stereocenters. The molecule has 0 bridgehead atoms. The maximum Gasteiger partial charge on any atom is 0.415 e. The number of ether oxygens (including phenoxy) is 1. The first-order valence-corrected chi connectivity index (χ1v) is 16.6. The summed E-state index contributed by atoms with van der Waals surface area (Å²) in [5, 5.41) is 13.8. The quantitative estimate of drug-likeness (QED) is 0.229. The van der Waals surface area contributed by atoms with Crippen molar-refractivity contribution in [2.45, 2.75) is 51.0 Å². The van der Waals surface area contributed by atoms with Crippen molar-refractivity contribution in [3.63, 3.8) is 0 Å². The van der Waals surface area contributed by atoms with Gasteiger partial charge in [0.1, 0.15) is 11.8 Å². The topological polar surface area (TPSA) is 119 Å². The highest BCUT2D eigenvalue weighted by atomic mass is 35.5. The number of nitrogens with zero attached hydrogens (tertiary/aromatic N) is 3. The number of hydrogen-bond donors (Lipinski definition) is 2. The largest absolute Gasteiger partial charge is 0.480 e. The molecule has 236 valence electrons. The summed E-state index contributed by atoms with van der Waals surface area (Å²) >= 11 is 6.00. The zero-order valence-corrected chi connectivity index (χ0v) is 26.8. The van der Waals surface area contributed by atoms with Crippen molar-refractivity contribution in [1.82, 2.24) is 4.90 Å². The molecule has 1 atom stereocenters. The van der Waals surface area contributed by atoms with Crippen molar-refractivity contribution in [2.75, 3.05) is 47.2 Å². The van der Waals surface area contributed by atoms with Crippen molar-refractivity contribution >= 4 is 50.7 Å². The minimum atomic E-state index is -3.99. The highest BCUT2D eigenvalue weighted by Crippen LogP contribution is 2.35. The van der Waals surface area contributed by atoms with E-state index < -0.39 is 28.1 Å². The standard InChI is InChI=1S/C32H39ClN4O6S/c1-4-35(5-2)25-13-18-30(37(6-3)44(41,42)27-16-11-24(33)12-17-27)28(22-25)34-29(31(38)39)21-23-9-14-26(15-10-23)43-32(40)36-19-7-8-20-36/h9-18,22,29,34H,4-8,19-21H2,1-3H3,(H,38,39). The fourth-order valence-electron chi connectivity index (χ4n) is 5.23. The summed E-state index contributed by atoms with van der Waals surface area (Å²) in [6.45, 7) is 8.65. The van der Waals surface area contributed by atoms with E-state index in [9.17, 15) is 23.1 Å². The molecule has 44 heavy (non-hydrogen) atoms. The Morgan fingerprint density at radius 2 is 1.59 bits per heavy atom. The van der Waals surface area contributed by atoms with E-state index in [1.54, 1.807) is 48.2 Å². The van der Waals surface area contributed by atoms with E-state index in [0.717, 1.165) is 18.5 Å². The Hall–Kier alpha value is -3.96. The third kappa shape index (κ3) is 7.75. The fraction of sp³-hybridized carbons (Fsp3) is 0.375.